The topological polar surface area (TPSA) is 149 Å². The van der Waals surface area contributed by atoms with Crippen molar-refractivity contribution in [3.63, 3.8) is 0 Å². The first-order chi connectivity index (χ1) is 23.1. The molecule has 11 nitrogen and oxygen atoms in total. The number of rotatable bonds is 16. The maximum Gasteiger partial charge on any atom is 0.321 e. The summed E-state index contributed by atoms with van der Waals surface area (Å²) in [7, 11) is -4.09. The number of nitrogens with two attached hydrogens (primary N) is 1. The molecule has 268 valence electrons. The first-order valence-electron chi connectivity index (χ1n) is 16.7. The third-order valence-corrected chi connectivity index (χ3v) is 11.8. The minimum Gasteiger partial charge on any atom is -0.397 e. The Kier molecular flexibility index (Phi) is 13.1. The molecule has 49 heavy (non-hydrogen) atoms. The minimum absolute atomic E-state index is 0.0408. The lowest BCUT2D eigenvalue weighted by Crippen LogP contribution is -2.57. The summed E-state index contributed by atoms with van der Waals surface area (Å²) in [6.07, 6.45) is -1.05. The summed E-state index contributed by atoms with van der Waals surface area (Å²) in [6, 6.07) is 11.6. The van der Waals surface area contributed by atoms with Gasteiger partial charge in [-0.15, -0.1) is 11.3 Å². The zero-order valence-corrected chi connectivity index (χ0v) is 31.4. The third kappa shape index (κ3) is 9.72. The predicted molar refractivity (Wildman–Crippen MR) is 195 cm³/mol. The van der Waals surface area contributed by atoms with Gasteiger partial charge in [0, 0.05) is 37.5 Å². The lowest BCUT2D eigenvalue weighted by Gasteiger charge is -2.34. The van der Waals surface area contributed by atoms with E-state index in [4.69, 9.17) is 17.3 Å². The van der Waals surface area contributed by atoms with Crippen LogP contribution in [0.5, 0.6) is 0 Å². The first kappa shape index (κ1) is 38.6. The standard InChI is InChI=1S/C35H49ClN6O5S2/c1-22(2)18-41(49(46,47)27-12-13-28(36)29(37)17-27)20-31(43)30(16-25-10-8-7-9-11-25)39-33(44)32(23(3)4)42-15-14-40(35(42)45)19-26-21-48-34(38-26)24(5)6/h7-13,17,21-24,30-32,43H,14-16,18-20,37H2,1-6H3,(H,39,44)/t30-,31+,32?/m0/s1. The summed E-state index contributed by atoms with van der Waals surface area (Å²) in [5, 5.41) is 18.0. The average molecular weight is 733 g/mol. The Morgan fingerprint density at radius 1 is 1.08 bits per heavy atom. The summed E-state index contributed by atoms with van der Waals surface area (Å²) < 4.78 is 28.9. The van der Waals surface area contributed by atoms with Gasteiger partial charge in [-0.3, -0.25) is 4.79 Å². The summed E-state index contributed by atoms with van der Waals surface area (Å²) in [4.78, 5) is 35.7. The van der Waals surface area contributed by atoms with Crippen LogP contribution in [0.15, 0.2) is 58.8 Å². The van der Waals surface area contributed by atoms with Gasteiger partial charge in [-0.1, -0.05) is 83.5 Å². The van der Waals surface area contributed by atoms with Crippen molar-refractivity contribution in [1.82, 2.24) is 24.4 Å². The van der Waals surface area contributed by atoms with E-state index in [1.165, 1.54) is 22.5 Å². The third-order valence-electron chi connectivity index (χ3n) is 8.43. The number of hydrogen-bond donors (Lipinski definition) is 3. The van der Waals surface area contributed by atoms with E-state index in [1.54, 1.807) is 21.1 Å². The largest absolute Gasteiger partial charge is 0.397 e. The fourth-order valence-corrected chi connectivity index (χ4v) is 8.53. The van der Waals surface area contributed by atoms with Gasteiger partial charge in [0.2, 0.25) is 15.9 Å². The monoisotopic (exact) mass is 732 g/mol. The number of anilines is 1. The maximum atomic E-state index is 14.1. The van der Waals surface area contributed by atoms with Gasteiger partial charge < -0.3 is 26.0 Å². The second-order valence-electron chi connectivity index (χ2n) is 13.7. The number of carbonyl (C=O) groups excluding carboxylic acids is 2. The number of halogens is 1. The molecule has 0 saturated carbocycles. The van der Waals surface area contributed by atoms with Crippen molar-refractivity contribution in [2.75, 3.05) is 31.9 Å². The Bertz CT molecular complexity index is 1680. The molecule has 3 amide bonds. The van der Waals surface area contributed by atoms with E-state index >= 15 is 0 Å². The van der Waals surface area contributed by atoms with Crippen LogP contribution in [0.1, 0.15) is 63.7 Å². The predicted octanol–water partition coefficient (Wildman–Crippen LogP) is 5.20. The van der Waals surface area contributed by atoms with Crippen molar-refractivity contribution >= 4 is 50.6 Å². The summed E-state index contributed by atoms with van der Waals surface area (Å²) in [5.74, 6) is -0.418. The molecular formula is C35H49ClN6O5S2. The number of nitrogens with zero attached hydrogens (tertiary/aromatic N) is 4. The van der Waals surface area contributed by atoms with Crippen molar-refractivity contribution < 1.29 is 23.1 Å². The minimum atomic E-state index is -4.09. The number of thiazole rings is 1. The molecule has 1 saturated heterocycles. The van der Waals surface area contributed by atoms with E-state index in [1.807, 2.05) is 63.4 Å². The highest BCUT2D eigenvalue weighted by atomic mass is 35.5. The van der Waals surface area contributed by atoms with Gasteiger partial charge in [-0.05, 0) is 42.0 Å². The number of nitrogens with one attached hydrogen (secondary N) is 1. The maximum absolute atomic E-state index is 14.1. The van der Waals surface area contributed by atoms with Gasteiger partial charge in [-0.2, -0.15) is 4.31 Å². The van der Waals surface area contributed by atoms with Crippen molar-refractivity contribution in [1.29, 1.82) is 0 Å². The van der Waals surface area contributed by atoms with Crippen LogP contribution in [0.25, 0.3) is 0 Å². The Hall–Kier alpha value is -3.23. The number of aliphatic hydroxyl groups is 1. The van der Waals surface area contributed by atoms with Crippen LogP contribution in [-0.4, -0.2) is 88.9 Å². The zero-order valence-electron chi connectivity index (χ0n) is 29.0. The molecule has 1 fully saturated rings. The van der Waals surface area contributed by atoms with E-state index in [0.717, 1.165) is 16.3 Å². The molecular weight excluding hydrogens is 684 g/mol. The number of sulfonamides is 1. The van der Waals surface area contributed by atoms with Crippen LogP contribution in [0, 0.1) is 11.8 Å². The number of hydrogen-bond acceptors (Lipinski definition) is 8. The molecule has 1 aliphatic heterocycles. The molecule has 4 N–H and O–H groups in total. The highest BCUT2D eigenvalue weighted by molar-refractivity contribution is 7.89. The van der Waals surface area contributed by atoms with Gasteiger partial charge in [0.15, 0.2) is 0 Å². The molecule has 0 bridgehead atoms. The van der Waals surface area contributed by atoms with Crippen LogP contribution in [0.4, 0.5) is 10.5 Å². The molecule has 4 rings (SSSR count). The van der Waals surface area contributed by atoms with Crippen LogP contribution < -0.4 is 11.1 Å². The second-order valence-corrected chi connectivity index (χ2v) is 16.9. The van der Waals surface area contributed by atoms with Crippen molar-refractivity contribution in [2.45, 2.75) is 83.5 Å². The van der Waals surface area contributed by atoms with E-state index < -0.39 is 34.1 Å². The number of nitrogen functional groups attached to an aromatic ring is 1. The van der Waals surface area contributed by atoms with Crippen LogP contribution in [-0.2, 0) is 27.8 Å². The molecule has 14 heteroatoms. The fourth-order valence-electron chi connectivity index (χ4n) is 5.93. The Morgan fingerprint density at radius 2 is 1.78 bits per heavy atom. The number of aromatic nitrogens is 1. The molecule has 3 aromatic rings. The first-order valence-corrected chi connectivity index (χ1v) is 19.4. The Labute approximate surface area is 299 Å². The van der Waals surface area contributed by atoms with E-state index in [-0.39, 0.29) is 53.0 Å². The Morgan fingerprint density at radius 3 is 2.37 bits per heavy atom. The van der Waals surface area contributed by atoms with E-state index in [9.17, 15) is 23.1 Å². The Balaban J connectivity index is 1.57. The second kappa shape index (κ2) is 16.7. The molecule has 0 aliphatic carbocycles. The van der Waals surface area contributed by atoms with Crippen LogP contribution in [0.3, 0.4) is 0 Å². The SMILES string of the molecule is CC(C)CN(C[C@@H](O)[C@H](Cc1ccccc1)NC(=O)C(C(C)C)N1CCN(Cc2csc(C(C)C)n2)C1=O)S(=O)(=O)c1ccc(Cl)c(N)c1. The van der Waals surface area contributed by atoms with Gasteiger partial charge in [0.1, 0.15) is 6.04 Å². The molecule has 0 spiro atoms. The summed E-state index contributed by atoms with van der Waals surface area (Å²) >= 11 is 7.64. The normalized spacial score (nSPS) is 15.9. The van der Waals surface area contributed by atoms with Crippen LogP contribution >= 0.6 is 22.9 Å². The molecule has 1 aromatic heterocycles. The quantitative estimate of drug-likeness (QED) is 0.172. The number of aliphatic hydroxyl groups excluding tert-OH is 1. The molecule has 1 unspecified atom stereocenters. The number of urea groups is 1. The van der Waals surface area contributed by atoms with Gasteiger partial charge in [0.05, 0.1) is 45.0 Å². The van der Waals surface area contributed by atoms with Crippen molar-refractivity contribution in [2.24, 2.45) is 11.8 Å². The molecule has 2 aromatic carbocycles. The van der Waals surface area contributed by atoms with E-state index in [2.05, 4.69) is 24.1 Å². The van der Waals surface area contributed by atoms with Gasteiger partial charge in [0.25, 0.3) is 0 Å². The highest BCUT2D eigenvalue weighted by Gasteiger charge is 2.40. The fraction of sp³-hybridized carbons (Fsp3) is 0.514. The van der Waals surface area contributed by atoms with Crippen molar-refractivity contribution in [3.05, 3.63) is 75.2 Å². The van der Waals surface area contributed by atoms with Crippen molar-refractivity contribution in [3.8, 4) is 0 Å². The summed E-state index contributed by atoms with van der Waals surface area (Å²) in [5.41, 5.74) is 7.74. The summed E-state index contributed by atoms with van der Waals surface area (Å²) in [6.45, 7) is 12.7. The average Bonchev–Trinajstić information content (AvgIpc) is 3.65. The molecule has 3 atom stereocenters. The molecule has 0 radical (unpaired) electrons. The number of amides is 3. The zero-order chi connectivity index (χ0) is 36.0. The number of carbonyl (C=O) groups is 2. The van der Waals surface area contributed by atoms with Gasteiger partial charge in [-0.25, -0.2) is 18.2 Å². The molecule has 1 aliphatic rings. The van der Waals surface area contributed by atoms with Crippen LogP contribution in [0.2, 0.25) is 5.02 Å². The lowest BCUT2D eigenvalue weighted by atomic mass is 9.97. The van der Waals surface area contributed by atoms with E-state index in [0.29, 0.717) is 25.6 Å². The lowest BCUT2D eigenvalue weighted by molar-refractivity contribution is -0.128. The van der Waals surface area contributed by atoms with Gasteiger partial charge >= 0.3 is 6.03 Å². The highest BCUT2D eigenvalue weighted by Crippen LogP contribution is 2.27. The molecule has 2 heterocycles. The number of benzene rings is 2. The smallest absolute Gasteiger partial charge is 0.321 e.